The Balaban J connectivity index is 1.95. The Labute approximate surface area is 152 Å². The minimum Gasteiger partial charge on any atom is -0.387 e. The molecule has 3 heterocycles. The predicted octanol–water partition coefficient (Wildman–Crippen LogP) is -1.64. The third kappa shape index (κ3) is 3.62. The number of aliphatic hydroxyl groups is 2. The number of fused-ring (bicyclic) bond motifs is 1. The lowest BCUT2D eigenvalue weighted by Crippen LogP contribution is -2.35. The SMILES string of the molecule is CCSc1nn([C@@H]2O[C@H](COS(N)(=O)=O)[C@@H](O)[C@H]2O)c2ncnc(N)c12. The number of nitrogen functional groups attached to an aromatic ring is 1. The number of hydrogen-bond acceptors (Lipinski definition) is 11. The Kier molecular flexibility index (Phi) is 5.34. The van der Waals surface area contributed by atoms with E-state index in [0.29, 0.717) is 21.8 Å². The molecule has 144 valence electrons. The molecule has 0 aliphatic carbocycles. The quantitative estimate of drug-likeness (QED) is 0.403. The van der Waals surface area contributed by atoms with Crippen LogP contribution in [0.4, 0.5) is 5.82 Å². The summed E-state index contributed by atoms with van der Waals surface area (Å²) >= 11 is 1.40. The van der Waals surface area contributed by atoms with Crippen molar-refractivity contribution < 1.29 is 27.6 Å². The number of rotatable bonds is 6. The average molecular weight is 406 g/mol. The highest BCUT2D eigenvalue weighted by Crippen LogP contribution is 2.35. The number of nitrogens with two attached hydrogens (primary N) is 2. The van der Waals surface area contributed by atoms with Crippen molar-refractivity contribution in [1.82, 2.24) is 19.7 Å². The van der Waals surface area contributed by atoms with Gasteiger partial charge in [-0.1, -0.05) is 6.92 Å². The van der Waals surface area contributed by atoms with E-state index in [1.54, 1.807) is 0 Å². The van der Waals surface area contributed by atoms with Crippen molar-refractivity contribution in [3.63, 3.8) is 0 Å². The normalized spacial score (nSPS) is 26.6. The number of anilines is 1. The first-order valence-corrected chi connectivity index (χ1v) is 9.99. The standard InChI is InChI=1S/C12H18N6O6S2/c1-2-25-11-6-9(13)15-4-16-10(6)18(17-11)12-8(20)7(19)5(24-12)3-23-26(14,21)22/h4-5,7-8,12,19-20H,2-3H2,1H3,(H2,13,15,16)(H2,14,21,22)/t5-,7-,8-,12-/m1/s1. The molecule has 12 nitrogen and oxygen atoms in total. The number of hydrogen-bond donors (Lipinski definition) is 4. The van der Waals surface area contributed by atoms with Crippen LogP contribution < -0.4 is 10.9 Å². The maximum Gasteiger partial charge on any atom is 0.333 e. The summed E-state index contributed by atoms with van der Waals surface area (Å²) in [6.45, 7) is 1.38. The summed E-state index contributed by atoms with van der Waals surface area (Å²) in [6, 6.07) is 0. The third-order valence-corrected chi connectivity index (χ3v) is 5.05. The van der Waals surface area contributed by atoms with Crippen molar-refractivity contribution in [3.8, 4) is 0 Å². The van der Waals surface area contributed by atoms with Gasteiger partial charge in [0, 0.05) is 0 Å². The fourth-order valence-corrected chi connectivity index (χ4v) is 3.69. The first-order valence-electron chi connectivity index (χ1n) is 7.53. The van der Waals surface area contributed by atoms with Crippen LogP contribution in [0.1, 0.15) is 13.2 Å². The largest absolute Gasteiger partial charge is 0.387 e. The van der Waals surface area contributed by atoms with Gasteiger partial charge in [-0.3, -0.25) is 4.18 Å². The summed E-state index contributed by atoms with van der Waals surface area (Å²) in [7, 11) is -4.21. The summed E-state index contributed by atoms with van der Waals surface area (Å²) in [5, 5.41) is 30.6. The molecule has 0 saturated carbocycles. The van der Waals surface area contributed by atoms with E-state index in [0.717, 1.165) is 0 Å². The van der Waals surface area contributed by atoms with Gasteiger partial charge >= 0.3 is 10.3 Å². The number of thioether (sulfide) groups is 1. The summed E-state index contributed by atoms with van der Waals surface area (Å²) in [6.07, 6.45) is -3.82. The second kappa shape index (κ2) is 7.22. The molecule has 0 bridgehead atoms. The minimum atomic E-state index is -4.21. The van der Waals surface area contributed by atoms with Gasteiger partial charge < -0.3 is 20.7 Å². The minimum absolute atomic E-state index is 0.222. The fourth-order valence-electron chi connectivity index (χ4n) is 2.61. The van der Waals surface area contributed by atoms with Crippen molar-refractivity contribution in [2.75, 3.05) is 18.1 Å². The van der Waals surface area contributed by atoms with Crippen LogP contribution in [-0.4, -0.2) is 69.1 Å². The van der Waals surface area contributed by atoms with Crippen molar-refractivity contribution in [2.45, 2.75) is 36.5 Å². The summed E-state index contributed by atoms with van der Waals surface area (Å²) in [4.78, 5) is 8.08. The number of aliphatic hydroxyl groups excluding tert-OH is 2. The van der Waals surface area contributed by atoms with Crippen LogP contribution in [0.2, 0.25) is 0 Å². The van der Waals surface area contributed by atoms with Crippen LogP contribution in [0.15, 0.2) is 11.4 Å². The zero-order valence-electron chi connectivity index (χ0n) is 13.6. The molecule has 3 rings (SSSR count). The summed E-state index contributed by atoms with van der Waals surface area (Å²) in [5.41, 5.74) is 6.23. The van der Waals surface area contributed by atoms with Crippen LogP contribution in [-0.2, 0) is 19.2 Å². The molecule has 2 aromatic rings. The molecule has 0 amide bonds. The van der Waals surface area contributed by atoms with Crippen LogP contribution in [0.3, 0.4) is 0 Å². The summed E-state index contributed by atoms with van der Waals surface area (Å²) < 4.78 is 33.1. The smallest absolute Gasteiger partial charge is 0.333 e. The maximum atomic E-state index is 10.9. The van der Waals surface area contributed by atoms with Crippen molar-refractivity contribution in [1.29, 1.82) is 0 Å². The van der Waals surface area contributed by atoms with Gasteiger partial charge in [-0.05, 0) is 5.75 Å². The van der Waals surface area contributed by atoms with E-state index in [2.05, 4.69) is 19.2 Å². The van der Waals surface area contributed by atoms with E-state index < -0.39 is 41.5 Å². The van der Waals surface area contributed by atoms with E-state index in [4.69, 9.17) is 15.6 Å². The van der Waals surface area contributed by atoms with Gasteiger partial charge in [-0.15, -0.1) is 11.8 Å². The Hall–Kier alpha value is -1.55. The zero-order chi connectivity index (χ0) is 19.1. The lowest BCUT2D eigenvalue weighted by atomic mass is 10.1. The van der Waals surface area contributed by atoms with Gasteiger partial charge in [0.1, 0.15) is 35.5 Å². The van der Waals surface area contributed by atoms with Gasteiger partial charge in [0.25, 0.3) is 0 Å². The van der Waals surface area contributed by atoms with Crippen LogP contribution in [0.25, 0.3) is 11.0 Å². The maximum absolute atomic E-state index is 10.9. The molecule has 6 N–H and O–H groups in total. The van der Waals surface area contributed by atoms with E-state index in [1.165, 1.54) is 22.8 Å². The Morgan fingerprint density at radius 3 is 2.77 bits per heavy atom. The second-order valence-corrected chi connectivity index (χ2v) is 7.94. The summed E-state index contributed by atoms with van der Waals surface area (Å²) in [5.74, 6) is 0.932. The van der Waals surface area contributed by atoms with Crippen molar-refractivity contribution in [2.24, 2.45) is 5.14 Å². The molecule has 14 heteroatoms. The molecule has 2 aromatic heterocycles. The highest BCUT2D eigenvalue weighted by Gasteiger charge is 2.45. The molecule has 26 heavy (non-hydrogen) atoms. The van der Waals surface area contributed by atoms with Gasteiger partial charge in [0.2, 0.25) is 0 Å². The van der Waals surface area contributed by atoms with Gasteiger partial charge in [-0.25, -0.2) is 19.8 Å². The van der Waals surface area contributed by atoms with Crippen molar-refractivity contribution in [3.05, 3.63) is 6.33 Å². The molecule has 0 radical (unpaired) electrons. The Morgan fingerprint density at radius 1 is 1.38 bits per heavy atom. The average Bonchev–Trinajstić information content (AvgIpc) is 3.06. The topological polar surface area (TPSA) is 189 Å². The molecule has 0 spiro atoms. The lowest BCUT2D eigenvalue weighted by molar-refractivity contribution is -0.0531. The number of nitrogens with zero attached hydrogens (tertiary/aromatic N) is 4. The molecular weight excluding hydrogens is 388 g/mol. The van der Waals surface area contributed by atoms with E-state index in [1.807, 2.05) is 6.92 Å². The molecule has 4 atom stereocenters. The Morgan fingerprint density at radius 2 is 2.12 bits per heavy atom. The monoisotopic (exact) mass is 406 g/mol. The molecular formula is C12H18N6O6S2. The van der Waals surface area contributed by atoms with Crippen LogP contribution >= 0.6 is 11.8 Å². The zero-order valence-corrected chi connectivity index (χ0v) is 15.2. The molecule has 0 unspecified atom stereocenters. The Bertz CT molecular complexity index is 905. The highest BCUT2D eigenvalue weighted by atomic mass is 32.2. The lowest BCUT2D eigenvalue weighted by Gasteiger charge is -2.15. The molecule has 1 aliphatic rings. The fraction of sp³-hybridized carbons (Fsp3) is 0.583. The third-order valence-electron chi connectivity index (χ3n) is 3.74. The van der Waals surface area contributed by atoms with Gasteiger partial charge in [-0.2, -0.15) is 13.5 Å². The first kappa shape index (κ1) is 19.2. The molecule has 0 aromatic carbocycles. The second-order valence-electron chi connectivity index (χ2n) is 5.46. The van der Waals surface area contributed by atoms with Gasteiger partial charge in [0.05, 0.1) is 12.0 Å². The number of aromatic nitrogens is 4. The predicted molar refractivity (Wildman–Crippen MR) is 91.1 cm³/mol. The first-order chi connectivity index (χ1) is 12.2. The molecule has 1 saturated heterocycles. The van der Waals surface area contributed by atoms with E-state index in [9.17, 15) is 18.6 Å². The van der Waals surface area contributed by atoms with Crippen LogP contribution in [0.5, 0.6) is 0 Å². The highest BCUT2D eigenvalue weighted by molar-refractivity contribution is 7.99. The van der Waals surface area contributed by atoms with E-state index in [-0.39, 0.29) is 5.82 Å². The van der Waals surface area contributed by atoms with Crippen LogP contribution in [0, 0.1) is 0 Å². The van der Waals surface area contributed by atoms with Crippen molar-refractivity contribution >= 4 is 38.9 Å². The van der Waals surface area contributed by atoms with Gasteiger partial charge in [0.15, 0.2) is 11.9 Å². The molecule has 1 aliphatic heterocycles. The number of ether oxygens (including phenoxy) is 1. The van der Waals surface area contributed by atoms with E-state index >= 15 is 0 Å². The molecule has 1 fully saturated rings.